The molecule has 0 saturated carbocycles. The van der Waals surface area contributed by atoms with Gasteiger partial charge < -0.3 is 10.1 Å². The lowest BCUT2D eigenvalue weighted by atomic mass is 9.82. The minimum Gasteiger partial charge on any atom is -0.497 e. The van der Waals surface area contributed by atoms with Crippen LogP contribution in [0.1, 0.15) is 36.3 Å². The summed E-state index contributed by atoms with van der Waals surface area (Å²) < 4.78 is 6.97. The number of aryl methyl sites for hydroxylation is 2. The SMILES string of the molecule is COc1ccc2c(c1)CCCC2CNC(=O)CCn1cncn1. The zero-order valence-electron chi connectivity index (χ0n) is 13.4. The highest BCUT2D eigenvalue weighted by Gasteiger charge is 2.21. The number of ether oxygens (including phenoxy) is 1. The molecule has 23 heavy (non-hydrogen) atoms. The van der Waals surface area contributed by atoms with Crippen molar-refractivity contribution in [1.29, 1.82) is 0 Å². The lowest BCUT2D eigenvalue weighted by Gasteiger charge is -2.26. The third kappa shape index (κ3) is 3.88. The first-order valence-electron chi connectivity index (χ1n) is 8.02. The van der Waals surface area contributed by atoms with Crippen LogP contribution in [0.5, 0.6) is 5.75 Å². The number of aromatic nitrogens is 3. The molecule has 2 aromatic rings. The van der Waals surface area contributed by atoms with E-state index in [0.29, 0.717) is 25.4 Å². The van der Waals surface area contributed by atoms with E-state index in [2.05, 4.69) is 27.5 Å². The highest BCUT2D eigenvalue weighted by molar-refractivity contribution is 5.75. The van der Waals surface area contributed by atoms with Gasteiger partial charge in [0, 0.05) is 18.9 Å². The Morgan fingerprint density at radius 1 is 1.48 bits per heavy atom. The number of hydrogen-bond acceptors (Lipinski definition) is 4. The summed E-state index contributed by atoms with van der Waals surface area (Å²) in [7, 11) is 1.69. The van der Waals surface area contributed by atoms with Crippen molar-refractivity contribution >= 4 is 5.91 Å². The predicted octanol–water partition coefficient (Wildman–Crippen LogP) is 1.91. The minimum atomic E-state index is 0.0566. The van der Waals surface area contributed by atoms with E-state index in [1.54, 1.807) is 18.1 Å². The number of nitrogens with zero attached hydrogens (tertiary/aromatic N) is 3. The average molecular weight is 314 g/mol. The number of carbonyl (C=O) groups is 1. The van der Waals surface area contributed by atoms with Crippen molar-refractivity contribution in [1.82, 2.24) is 20.1 Å². The second-order valence-electron chi connectivity index (χ2n) is 5.87. The Morgan fingerprint density at radius 2 is 2.39 bits per heavy atom. The van der Waals surface area contributed by atoms with Crippen LogP contribution < -0.4 is 10.1 Å². The van der Waals surface area contributed by atoms with Gasteiger partial charge in [0.05, 0.1) is 13.7 Å². The standard InChI is InChI=1S/C17H22N4O2/c1-23-15-5-6-16-13(9-15)3-2-4-14(16)10-19-17(22)7-8-21-12-18-11-20-21/h5-6,9,11-12,14H,2-4,7-8,10H2,1H3,(H,19,22). The predicted molar refractivity (Wildman–Crippen MR) is 86.3 cm³/mol. The van der Waals surface area contributed by atoms with Gasteiger partial charge >= 0.3 is 0 Å². The molecule has 1 aromatic carbocycles. The zero-order chi connectivity index (χ0) is 16.1. The molecule has 1 aromatic heterocycles. The third-order valence-corrected chi connectivity index (χ3v) is 4.37. The molecule has 0 fully saturated rings. The Hall–Kier alpha value is -2.37. The second kappa shape index (κ2) is 7.26. The van der Waals surface area contributed by atoms with Crippen molar-refractivity contribution in [3.05, 3.63) is 42.0 Å². The quantitative estimate of drug-likeness (QED) is 0.884. The van der Waals surface area contributed by atoms with Gasteiger partial charge in [-0.25, -0.2) is 4.98 Å². The number of benzene rings is 1. The monoisotopic (exact) mass is 314 g/mol. The fourth-order valence-electron chi connectivity index (χ4n) is 3.12. The van der Waals surface area contributed by atoms with Crippen LogP contribution in [0, 0.1) is 0 Å². The second-order valence-corrected chi connectivity index (χ2v) is 5.87. The molecule has 0 spiro atoms. The van der Waals surface area contributed by atoms with E-state index in [-0.39, 0.29) is 5.91 Å². The van der Waals surface area contributed by atoms with Crippen LogP contribution >= 0.6 is 0 Å². The Morgan fingerprint density at radius 3 is 3.17 bits per heavy atom. The number of hydrogen-bond donors (Lipinski definition) is 1. The molecule has 0 aliphatic heterocycles. The molecular formula is C17H22N4O2. The van der Waals surface area contributed by atoms with E-state index in [9.17, 15) is 4.79 Å². The van der Waals surface area contributed by atoms with Crippen LogP contribution in [-0.4, -0.2) is 34.3 Å². The lowest BCUT2D eigenvalue weighted by Crippen LogP contribution is -2.30. The summed E-state index contributed by atoms with van der Waals surface area (Å²) in [4.78, 5) is 15.9. The molecule has 1 N–H and O–H groups in total. The highest BCUT2D eigenvalue weighted by Crippen LogP contribution is 2.33. The number of fused-ring (bicyclic) bond motifs is 1. The first kappa shape index (κ1) is 15.5. The van der Waals surface area contributed by atoms with Crippen molar-refractivity contribution in [2.75, 3.05) is 13.7 Å². The molecule has 1 atom stereocenters. The molecule has 1 aliphatic carbocycles. The van der Waals surface area contributed by atoms with Gasteiger partial charge in [0.25, 0.3) is 0 Å². The van der Waals surface area contributed by atoms with E-state index < -0.39 is 0 Å². The fourth-order valence-corrected chi connectivity index (χ4v) is 3.12. The van der Waals surface area contributed by atoms with Gasteiger partial charge in [-0.15, -0.1) is 0 Å². The van der Waals surface area contributed by atoms with E-state index in [4.69, 9.17) is 4.74 Å². The smallest absolute Gasteiger partial charge is 0.221 e. The first-order chi connectivity index (χ1) is 11.3. The maximum Gasteiger partial charge on any atom is 0.221 e. The minimum absolute atomic E-state index is 0.0566. The Labute approximate surface area is 135 Å². The van der Waals surface area contributed by atoms with Gasteiger partial charge in [0.15, 0.2) is 0 Å². The Kier molecular flexibility index (Phi) is 4.90. The van der Waals surface area contributed by atoms with E-state index in [1.165, 1.54) is 17.5 Å². The van der Waals surface area contributed by atoms with Gasteiger partial charge in [-0.2, -0.15) is 5.10 Å². The molecule has 0 saturated heterocycles. The molecular weight excluding hydrogens is 292 g/mol. The number of methoxy groups -OCH3 is 1. The molecule has 1 amide bonds. The maximum absolute atomic E-state index is 12.0. The summed E-state index contributed by atoms with van der Waals surface area (Å²) in [6, 6.07) is 6.26. The summed E-state index contributed by atoms with van der Waals surface area (Å²) in [5, 5.41) is 7.05. The van der Waals surface area contributed by atoms with Crippen molar-refractivity contribution in [2.45, 2.75) is 38.1 Å². The van der Waals surface area contributed by atoms with Crippen LogP contribution in [0.25, 0.3) is 0 Å². The van der Waals surface area contributed by atoms with Crippen LogP contribution in [0.3, 0.4) is 0 Å². The van der Waals surface area contributed by atoms with Gasteiger partial charge in [0.2, 0.25) is 5.91 Å². The molecule has 1 unspecified atom stereocenters. The Bertz CT molecular complexity index is 655. The van der Waals surface area contributed by atoms with Gasteiger partial charge in [0.1, 0.15) is 18.4 Å². The topological polar surface area (TPSA) is 69.0 Å². The molecule has 1 aliphatic rings. The van der Waals surface area contributed by atoms with Gasteiger partial charge in [-0.05, 0) is 42.5 Å². The van der Waals surface area contributed by atoms with E-state index in [1.807, 2.05) is 6.07 Å². The van der Waals surface area contributed by atoms with Crippen LogP contribution in [0.15, 0.2) is 30.9 Å². The summed E-state index contributed by atoms with van der Waals surface area (Å²) in [5.41, 5.74) is 2.69. The van der Waals surface area contributed by atoms with Crippen molar-refractivity contribution in [3.63, 3.8) is 0 Å². The van der Waals surface area contributed by atoms with Crippen LogP contribution in [-0.2, 0) is 17.8 Å². The molecule has 0 bridgehead atoms. The van der Waals surface area contributed by atoms with Crippen molar-refractivity contribution < 1.29 is 9.53 Å². The van der Waals surface area contributed by atoms with Crippen molar-refractivity contribution in [2.24, 2.45) is 0 Å². The van der Waals surface area contributed by atoms with Gasteiger partial charge in [-0.1, -0.05) is 6.07 Å². The largest absolute Gasteiger partial charge is 0.497 e. The Balaban J connectivity index is 1.54. The summed E-state index contributed by atoms with van der Waals surface area (Å²) >= 11 is 0. The summed E-state index contributed by atoms with van der Waals surface area (Å²) in [5.74, 6) is 1.35. The normalized spacial score (nSPS) is 16.7. The third-order valence-electron chi connectivity index (χ3n) is 4.37. The lowest BCUT2D eigenvalue weighted by molar-refractivity contribution is -0.121. The zero-order valence-corrected chi connectivity index (χ0v) is 13.4. The summed E-state index contributed by atoms with van der Waals surface area (Å²) in [6.07, 6.45) is 6.88. The molecule has 3 rings (SSSR count). The van der Waals surface area contributed by atoms with E-state index in [0.717, 1.165) is 25.0 Å². The molecule has 6 nitrogen and oxygen atoms in total. The molecule has 0 radical (unpaired) electrons. The van der Waals surface area contributed by atoms with E-state index >= 15 is 0 Å². The maximum atomic E-state index is 12.0. The summed E-state index contributed by atoms with van der Waals surface area (Å²) in [6.45, 7) is 1.25. The fraction of sp³-hybridized carbons (Fsp3) is 0.471. The van der Waals surface area contributed by atoms with Crippen molar-refractivity contribution in [3.8, 4) is 5.75 Å². The number of rotatable bonds is 6. The number of carbonyl (C=O) groups excluding carboxylic acids is 1. The van der Waals surface area contributed by atoms with Crippen LogP contribution in [0.4, 0.5) is 0 Å². The number of amides is 1. The van der Waals surface area contributed by atoms with Crippen LogP contribution in [0.2, 0.25) is 0 Å². The van der Waals surface area contributed by atoms with Gasteiger partial charge in [-0.3, -0.25) is 9.48 Å². The molecule has 6 heteroatoms. The highest BCUT2D eigenvalue weighted by atomic mass is 16.5. The number of nitrogens with one attached hydrogen (secondary N) is 1. The average Bonchev–Trinajstić information content (AvgIpc) is 3.11. The first-order valence-corrected chi connectivity index (χ1v) is 8.02. The molecule has 1 heterocycles. The molecule has 122 valence electrons.